The van der Waals surface area contributed by atoms with E-state index in [9.17, 15) is 13.2 Å². The van der Waals surface area contributed by atoms with Crippen LogP contribution in [-0.2, 0) is 15.4 Å². The number of aryl methyl sites for hydroxylation is 1. The fourth-order valence-corrected chi connectivity index (χ4v) is 6.46. The lowest BCUT2D eigenvalue weighted by molar-refractivity contribution is 0.379. The van der Waals surface area contributed by atoms with Crippen LogP contribution in [0.3, 0.4) is 0 Å². The number of sulfonamides is 1. The minimum atomic E-state index is -3.91. The van der Waals surface area contributed by atoms with Gasteiger partial charge in [-0.25, -0.2) is 13.4 Å². The second-order valence-corrected chi connectivity index (χ2v) is 13.9. The zero-order chi connectivity index (χ0) is 31.1. The van der Waals surface area contributed by atoms with Gasteiger partial charge in [-0.05, 0) is 84.5 Å². The second kappa shape index (κ2) is 11.4. The Hall–Kier alpha value is -4.27. The molecule has 8 heteroatoms. The first-order chi connectivity index (χ1) is 20.3. The van der Waals surface area contributed by atoms with Gasteiger partial charge in [0.1, 0.15) is 11.6 Å². The van der Waals surface area contributed by atoms with Crippen LogP contribution in [0.2, 0.25) is 0 Å². The third kappa shape index (κ3) is 5.85. The Morgan fingerprint density at radius 1 is 0.884 bits per heavy atom. The van der Waals surface area contributed by atoms with E-state index in [0.29, 0.717) is 28.2 Å². The molecule has 1 unspecified atom stereocenters. The molecule has 5 aromatic rings. The van der Waals surface area contributed by atoms with E-state index < -0.39 is 16.1 Å². The van der Waals surface area contributed by atoms with Gasteiger partial charge in [0.2, 0.25) is 10.0 Å². The molecule has 0 radical (unpaired) electrons. The fraction of sp³-hybridized carbons (Fsp3) is 0.257. The van der Waals surface area contributed by atoms with Crippen molar-refractivity contribution >= 4 is 20.9 Å². The van der Waals surface area contributed by atoms with Gasteiger partial charge in [-0.2, -0.15) is 4.31 Å². The maximum absolute atomic E-state index is 14.3. The summed E-state index contributed by atoms with van der Waals surface area (Å²) in [5.41, 5.74) is 4.71. The monoisotopic (exact) mass is 595 g/mol. The third-order valence-corrected chi connectivity index (χ3v) is 9.83. The highest BCUT2D eigenvalue weighted by atomic mass is 32.2. The lowest BCUT2D eigenvalue weighted by Gasteiger charge is -2.27. The average molecular weight is 596 g/mol. The van der Waals surface area contributed by atoms with E-state index in [1.165, 1.54) is 15.9 Å². The van der Waals surface area contributed by atoms with Crippen molar-refractivity contribution in [1.82, 2.24) is 13.9 Å². The van der Waals surface area contributed by atoms with E-state index in [1.807, 2.05) is 55.5 Å². The summed E-state index contributed by atoms with van der Waals surface area (Å²) in [4.78, 5) is 19.3. The Morgan fingerprint density at radius 3 is 2.14 bits per heavy atom. The van der Waals surface area contributed by atoms with Gasteiger partial charge in [0, 0.05) is 7.05 Å². The smallest absolute Gasteiger partial charge is 0.266 e. The molecule has 0 aliphatic heterocycles. The molecule has 7 nitrogen and oxygen atoms in total. The SMILES string of the molecule is COc1ccc(-n2c(C(C)N(C)S(=O)(=O)c3ccc(C(C)(C)C)cc3)nc3ccc(-c4cccc(C)c4)cc3c2=O)cc1. The standard InChI is InChI=1S/C35H37N3O4S/c1-23-9-8-10-25(21-23)26-11-20-32-31(22-26)34(39)38(28-14-16-29(42-7)17-15-28)33(36-32)24(2)37(6)43(40,41)30-18-12-27(13-19-30)35(3,4)5/h8-22,24H,1-7H3. The quantitative estimate of drug-likeness (QED) is 0.201. The summed E-state index contributed by atoms with van der Waals surface area (Å²) < 4.78 is 35.7. The van der Waals surface area contributed by atoms with Gasteiger partial charge < -0.3 is 4.74 Å². The summed E-state index contributed by atoms with van der Waals surface area (Å²) in [6.07, 6.45) is 0. The molecular formula is C35H37N3O4S. The molecule has 0 aliphatic rings. The summed E-state index contributed by atoms with van der Waals surface area (Å²) in [6.45, 7) is 10.0. The fourth-order valence-electron chi connectivity index (χ4n) is 5.13. The van der Waals surface area contributed by atoms with Gasteiger partial charge in [0.05, 0.1) is 34.6 Å². The number of benzene rings is 4. The Labute approximate surface area is 253 Å². The summed E-state index contributed by atoms with van der Waals surface area (Å²) >= 11 is 0. The topological polar surface area (TPSA) is 81.5 Å². The minimum Gasteiger partial charge on any atom is -0.497 e. The molecule has 0 saturated heterocycles. The molecule has 1 aromatic heterocycles. The van der Waals surface area contributed by atoms with Gasteiger partial charge in [0.15, 0.2) is 0 Å². The van der Waals surface area contributed by atoms with E-state index >= 15 is 0 Å². The molecule has 222 valence electrons. The third-order valence-electron chi connectivity index (χ3n) is 7.89. The van der Waals surface area contributed by atoms with Crippen LogP contribution >= 0.6 is 0 Å². The second-order valence-electron chi connectivity index (χ2n) is 11.9. The average Bonchev–Trinajstić information content (AvgIpc) is 3.00. The van der Waals surface area contributed by atoms with E-state index in [4.69, 9.17) is 9.72 Å². The Balaban J connectivity index is 1.66. The lowest BCUT2D eigenvalue weighted by atomic mass is 9.87. The number of hydrogen-bond donors (Lipinski definition) is 0. The predicted octanol–water partition coefficient (Wildman–Crippen LogP) is 7.05. The van der Waals surface area contributed by atoms with Gasteiger partial charge in [-0.1, -0.05) is 68.8 Å². The lowest BCUT2D eigenvalue weighted by Crippen LogP contribution is -2.35. The zero-order valence-corrected chi connectivity index (χ0v) is 26.4. The van der Waals surface area contributed by atoms with Gasteiger partial charge >= 0.3 is 0 Å². The first kappa shape index (κ1) is 30.2. The summed E-state index contributed by atoms with van der Waals surface area (Å²) in [6, 6.07) is 27.0. The Bertz CT molecular complexity index is 1960. The van der Waals surface area contributed by atoms with E-state index in [2.05, 4.69) is 26.8 Å². The molecule has 0 spiro atoms. The highest BCUT2D eigenvalue weighted by Gasteiger charge is 2.30. The van der Waals surface area contributed by atoms with Crippen molar-refractivity contribution in [2.45, 2.75) is 51.0 Å². The maximum Gasteiger partial charge on any atom is 0.266 e. The van der Waals surface area contributed by atoms with Crippen LogP contribution < -0.4 is 10.3 Å². The number of rotatable bonds is 7. The molecule has 0 fully saturated rings. The molecule has 5 rings (SSSR count). The number of nitrogens with zero attached hydrogens (tertiary/aromatic N) is 3. The van der Waals surface area contributed by atoms with Crippen molar-refractivity contribution in [2.24, 2.45) is 0 Å². The van der Waals surface area contributed by atoms with Crippen molar-refractivity contribution in [3.8, 4) is 22.6 Å². The Kier molecular flexibility index (Phi) is 8.03. The molecule has 1 heterocycles. The largest absolute Gasteiger partial charge is 0.497 e. The van der Waals surface area contributed by atoms with Crippen molar-refractivity contribution in [3.05, 3.63) is 118 Å². The summed E-state index contributed by atoms with van der Waals surface area (Å²) in [5.74, 6) is 0.948. The first-order valence-corrected chi connectivity index (χ1v) is 15.6. The van der Waals surface area contributed by atoms with Crippen LogP contribution in [0.25, 0.3) is 27.7 Å². The van der Waals surface area contributed by atoms with E-state index in [0.717, 1.165) is 22.3 Å². The Morgan fingerprint density at radius 2 is 1.53 bits per heavy atom. The number of fused-ring (bicyclic) bond motifs is 1. The van der Waals surface area contributed by atoms with Crippen LogP contribution in [0.4, 0.5) is 0 Å². The molecule has 0 N–H and O–H groups in total. The molecule has 43 heavy (non-hydrogen) atoms. The highest BCUT2D eigenvalue weighted by Crippen LogP contribution is 2.30. The van der Waals surface area contributed by atoms with Crippen molar-refractivity contribution in [2.75, 3.05) is 14.2 Å². The zero-order valence-electron chi connectivity index (χ0n) is 25.6. The normalized spacial score (nSPS) is 12.9. The molecule has 0 saturated carbocycles. The summed E-state index contributed by atoms with van der Waals surface area (Å²) in [7, 11) is -0.816. The van der Waals surface area contributed by atoms with Gasteiger partial charge in [0.25, 0.3) is 5.56 Å². The van der Waals surface area contributed by atoms with Crippen LogP contribution in [0.1, 0.15) is 50.7 Å². The van der Waals surface area contributed by atoms with Crippen molar-refractivity contribution in [1.29, 1.82) is 0 Å². The first-order valence-electron chi connectivity index (χ1n) is 14.2. The minimum absolute atomic E-state index is 0.107. The van der Waals surface area contributed by atoms with E-state index in [1.54, 1.807) is 50.4 Å². The molecule has 4 aromatic carbocycles. The number of ether oxygens (including phenoxy) is 1. The van der Waals surface area contributed by atoms with Gasteiger partial charge in [-0.3, -0.25) is 9.36 Å². The molecular weight excluding hydrogens is 558 g/mol. The van der Waals surface area contributed by atoms with Crippen molar-refractivity contribution < 1.29 is 13.2 Å². The van der Waals surface area contributed by atoms with Crippen LogP contribution in [0.5, 0.6) is 5.75 Å². The number of aromatic nitrogens is 2. The molecule has 0 aliphatic carbocycles. The predicted molar refractivity (Wildman–Crippen MR) is 173 cm³/mol. The molecule has 1 atom stereocenters. The van der Waals surface area contributed by atoms with Crippen LogP contribution in [-0.4, -0.2) is 36.4 Å². The molecule has 0 bridgehead atoms. The number of hydrogen-bond acceptors (Lipinski definition) is 5. The summed E-state index contributed by atoms with van der Waals surface area (Å²) in [5, 5.41) is 0.439. The highest BCUT2D eigenvalue weighted by molar-refractivity contribution is 7.89. The number of methoxy groups -OCH3 is 1. The molecule has 0 amide bonds. The van der Waals surface area contributed by atoms with E-state index in [-0.39, 0.29) is 15.9 Å². The maximum atomic E-state index is 14.3. The van der Waals surface area contributed by atoms with Crippen LogP contribution in [0, 0.1) is 6.92 Å². The van der Waals surface area contributed by atoms with Crippen LogP contribution in [0.15, 0.2) is 101 Å². The van der Waals surface area contributed by atoms with Crippen molar-refractivity contribution in [3.63, 3.8) is 0 Å². The van der Waals surface area contributed by atoms with Gasteiger partial charge in [-0.15, -0.1) is 0 Å².